The molecular formula is C15H18N4O2. The molecule has 0 bridgehead atoms. The number of nitrogens with zero attached hydrogens (tertiary/aromatic N) is 4. The fraction of sp³-hybridized carbons (Fsp3) is 0.400. The Hall–Kier alpha value is -2.37. The van der Waals surface area contributed by atoms with Crippen LogP contribution < -0.4 is 0 Å². The number of amides is 1. The van der Waals surface area contributed by atoms with Crippen molar-refractivity contribution in [2.75, 3.05) is 13.1 Å². The van der Waals surface area contributed by atoms with Gasteiger partial charge in [-0.05, 0) is 24.8 Å². The Kier molecular flexibility index (Phi) is 3.85. The van der Waals surface area contributed by atoms with E-state index in [4.69, 9.17) is 0 Å². The lowest BCUT2D eigenvalue weighted by Crippen LogP contribution is -2.41. The maximum Gasteiger partial charge on any atom is 0.257 e. The third kappa shape index (κ3) is 3.04. The van der Waals surface area contributed by atoms with Crippen LogP contribution in [0.15, 0.2) is 37.2 Å². The summed E-state index contributed by atoms with van der Waals surface area (Å²) >= 11 is 0. The summed E-state index contributed by atoms with van der Waals surface area (Å²) in [5, 5.41) is 9.76. The molecule has 0 aliphatic carbocycles. The van der Waals surface area contributed by atoms with Gasteiger partial charge in [-0.3, -0.25) is 9.78 Å². The normalized spacial score (nSPS) is 18.7. The largest absolute Gasteiger partial charge is 0.505 e. The van der Waals surface area contributed by atoms with Crippen molar-refractivity contribution in [1.29, 1.82) is 0 Å². The second-order valence-corrected chi connectivity index (χ2v) is 5.41. The number of carbonyl (C=O) groups is 1. The standard InChI is InChI=1S/C15H18N4O2/c20-14-8-16-4-3-13(14)15(21)19-6-1-2-12(10-19)9-18-7-5-17-11-18/h3-5,7-8,11-12,20H,1-2,6,9-10H2/t12-/m1/s1. The Morgan fingerprint density at radius 2 is 2.29 bits per heavy atom. The predicted molar refractivity (Wildman–Crippen MR) is 76.8 cm³/mol. The molecule has 1 aliphatic rings. The van der Waals surface area contributed by atoms with Crippen molar-refractivity contribution in [2.24, 2.45) is 5.92 Å². The number of carbonyl (C=O) groups excluding carboxylic acids is 1. The van der Waals surface area contributed by atoms with E-state index in [9.17, 15) is 9.90 Å². The fourth-order valence-electron chi connectivity index (χ4n) is 2.83. The number of likely N-dealkylation sites (tertiary alicyclic amines) is 1. The molecule has 6 nitrogen and oxygen atoms in total. The zero-order valence-corrected chi connectivity index (χ0v) is 11.7. The highest BCUT2D eigenvalue weighted by Gasteiger charge is 2.26. The minimum atomic E-state index is -0.120. The first kappa shape index (κ1) is 13.6. The van der Waals surface area contributed by atoms with Gasteiger partial charge < -0.3 is 14.6 Å². The van der Waals surface area contributed by atoms with E-state index in [2.05, 4.69) is 9.97 Å². The van der Waals surface area contributed by atoms with Crippen molar-refractivity contribution in [3.63, 3.8) is 0 Å². The monoisotopic (exact) mass is 286 g/mol. The smallest absolute Gasteiger partial charge is 0.257 e. The van der Waals surface area contributed by atoms with E-state index >= 15 is 0 Å². The highest BCUT2D eigenvalue weighted by Crippen LogP contribution is 2.23. The van der Waals surface area contributed by atoms with Crippen molar-refractivity contribution in [1.82, 2.24) is 19.4 Å². The third-order valence-corrected chi connectivity index (χ3v) is 3.86. The molecule has 3 rings (SSSR count). The molecular weight excluding hydrogens is 268 g/mol. The average molecular weight is 286 g/mol. The van der Waals surface area contributed by atoms with Crippen molar-refractivity contribution in [3.05, 3.63) is 42.7 Å². The average Bonchev–Trinajstić information content (AvgIpc) is 3.00. The molecule has 0 aromatic carbocycles. The molecule has 0 radical (unpaired) electrons. The molecule has 1 saturated heterocycles. The topological polar surface area (TPSA) is 71.2 Å². The van der Waals surface area contributed by atoms with Crippen LogP contribution in [-0.2, 0) is 6.54 Å². The van der Waals surface area contributed by atoms with E-state index in [1.54, 1.807) is 18.6 Å². The second kappa shape index (κ2) is 5.95. The molecule has 1 N–H and O–H groups in total. The summed E-state index contributed by atoms with van der Waals surface area (Å²) in [6.07, 6.45) is 10.4. The number of hydrogen-bond donors (Lipinski definition) is 1. The van der Waals surface area contributed by atoms with Crippen molar-refractivity contribution < 1.29 is 9.90 Å². The van der Waals surface area contributed by atoms with Gasteiger partial charge in [0.1, 0.15) is 5.75 Å². The van der Waals surface area contributed by atoms with Gasteiger partial charge in [0.2, 0.25) is 0 Å². The Labute approximate surface area is 123 Å². The van der Waals surface area contributed by atoms with E-state index in [1.165, 1.54) is 12.4 Å². The van der Waals surface area contributed by atoms with Crippen LogP contribution >= 0.6 is 0 Å². The van der Waals surface area contributed by atoms with Gasteiger partial charge >= 0.3 is 0 Å². The summed E-state index contributed by atoms with van der Waals surface area (Å²) in [5.74, 6) is 0.241. The zero-order valence-electron chi connectivity index (χ0n) is 11.7. The van der Waals surface area contributed by atoms with Crippen LogP contribution in [0.2, 0.25) is 0 Å². The first-order valence-electron chi connectivity index (χ1n) is 7.12. The minimum Gasteiger partial charge on any atom is -0.505 e. The maximum atomic E-state index is 12.5. The molecule has 0 saturated carbocycles. The van der Waals surface area contributed by atoms with Crippen LogP contribution in [0.1, 0.15) is 23.2 Å². The van der Waals surface area contributed by atoms with Gasteiger partial charge in [0, 0.05) is 38.2 Å². The first-order valence-corrected chi connectivity index (χ1v) is 7.12. The number of hydrogen-bond acceptors (Lipinski definition) is 4. The molecule has 0 spiro atoms. The van der Waals surface area contributed by atoms with Gasteiger partial charge in [-0.25, -0.2) is 4.98 Å². The SMILES string of the molecule is O=C(c1ccncc1O)N1CCC[C@H](Cn2ccnc2)C1. The summed E-state index contributed by atoms with van der Waals surface area (Å²) in [5.41, 5.74) is 0.327. The summed E-state index contributed by atoms with van der Waals surface area (Å²) in [6, 6.07) is 1.57. The van der Waals surface area contributed by atoms with Crippen LogP contribution in [0, 0.1) is 5.92 Å². The number of rotatable bonds is 3. The highest BCUT2D eigenvalue weighted by atomic mass is 16.3. The van der Waals surface area contributed by atoms with Crippen LogP contribution in [0.5, 0.6) is 5.75 Å². The van der Waals surface area contributed by atoms with Gasteiger partial charge in [0.05, 0.1) is 18.1 Å². The minimum absolute atomic E-state index is 0.0563. The van der Waals surface area contributed by atoms with Crippen LogP contribution in [0.4, 0.5) is 0 Å². The quantitative estimate of drug-likeness (QED) is 0.929. The molecule has 1 aliphatic heterocycles. The lowest BCUT2D eigenvalue weighted by molar-refractivity contribution is 0.0659. The van der Waals surface area contributed by atoms with Crippen molar-refractivity contribution in [3.8, 4) is 5.75 Å². The molecule has 1 amide bonds. The summed E-state index contributed by atoms with van der Waals surface area (Å²) in [7, 11) is 0. The molecule has 2 aromatic heterocycles. The van der Waals surface area contributed by atoms with E-state index in [-0.39, 0.29) is 11.7 Å². The Morgan fingerprint density at radius 1 is 1.38 bits per heavy atom. The van der Waals surface area contributed by atoms with Gasteiger partial charge in [0.15, 0.2) is 0 Å². The van der Waals surface area contributed by atoms with E-state index < -0.39 is 0 Å². The second-order valence-electron chi connectivity index (χ2n) is 5.41. The van der Waals surface area contributed by atoms with Gasteiger partial charge in [-0.2, -0.15) is 0 Å². The van der Waals surface area contributed by atoms with Gasteiger partial charge in [-0.1, -0.05) is 0 Å². The molecule has 21 heavy (non-hydrogen) atoms. The van der Waals surface area contributed by atoms with Crippen molar-refractivity contribution in [2.45, 2.75) is 19.4 Å². The molecule has 6 heteroatoms. The molecule has 1 atom stereocenters. The van der Waals surface area contributed by atoms with Gasteiger partial charge in [-0.15, -0.1) is 0 Å². The van der Waals surface area contributed by atoms with E-state index in [0.29, 0.717) is 18.0 Å². The van der Waals surface area contributed by atoms with E-state index in [0.717, 1.165) is 25.9 Å². The third-order valence-electron chi connectivity index (χ3n) is 3.86. The fourth-order valence-corrected chi connectivity index (χ4v) is 2.83. The highest BCUT2D eigenvalue weighted by molar-refractivity contribution is 5.96. The number of piperidine rings is 1. The molecule has 0 unspecified atom stereocenters. The zero-order chi connectivity index (χ0) is 14.7. The summed E-state index contributed by atoms with van der Waals surface area (Å²) < 4.78 is 2.04. The maximum absolute atomic E-state index is 12.5. The van der Waals surface area contributed by atoms with Crippen LogP contribution in [0.25, 0.3) is 0 Å². The number of imidazole rings is 1. The summed E-state index contributed by atoms with van der Waals surface area (Å²) in [4.78, 5) is 22.2. The van der Waals surface area contributed by atoms with Gasteiger partial charge in [0.25, 0.3) is 5.91 Å². The molecule has 1 fully saturated rings. The number of aromatic nitrogens is 3. The lowest BCUT2D eigenvalue weighted by atomic mass is 9.97. The van der Waals surface area contributed by atoms with E-state index in [1.807, 2.05) is 15.7 Å². The number of aromatic hydroxyl groups is 1. The number of pyridine rings is 1. The van der Waals surface area contributed by atoms with Crippen LogP contribution in [-0.4, -0.2) is 43.5 Å². The van der Waals surface area contributed by atoms with Crippen LogP contribution in [0.3, 0.4) is 0 Å². The van der Waals surface area contributed by atoms with Crippen molar-refractivity contribution >= 4 is 5.91 Å². The molecule has 110 valence electrons. The predicted octanol–water partition coefficient (Wildman–Crippen LogP) is 1.54. The summed E-state index contributed by atoms with van der Waals surface area (Å²) in [6.45, 7) is 2.31. The Bertz CT molecular complexity index is 612. The molecule has 2 aromatic rings. The Morgan fingerprint density at radius 3 is 3.05 bits per heavy atom. The first-order chi connectivity index (χ1) is 10.2. The lowest BCUT2D eigenvalue weighted by Gasteiger charge is -2.33. The Balaban J connectivity index is 1.68. The molecule has 3 heterocycles.